The lowest BCUT2D eigenvalue weighted by molar-refractivity contribution is -0.137. The molecule has 0 unspecified atom stereocenters. The van der Waals surface area contributed by atoms with Gasteiger partial charge in [-0.05, 0) is 24.3 Å². The normalized spacial score (nSPS) is 15.8. The molecular formula is C21H18F4N4O4S. The zero-order valence-electron chi connectivity index (χ0n) is 17.7. The zero-order valence-corrected chi connectivity index (χ0v) is 18.5. The molecule has 1 fully saturated rings. The van der Waals surface area contributed by atoms with Crippen molar-refractivity contribution in [1.82, 2.24) is 14.5 Å². The van der Waals surface area contributed by atoms with E-state index in [0.29, 0.717) is 0 Å². The quantitative estimate of drug-likeness (QED) is 0.464. The Balaban J connectivity index is 1.60. The maximum absolute atomic E-state index is 15.3. The topological polar surface area (TPSA) is 96.6 Å². The summed E-state index contributed by atoms with van der Waals surface area (Å²) in [5.74, 6) is -3.05. The molecule has 0 bridgehead atoms. The molecule has 0 atom stereocenters. The SMILES string of the molecule is CS(=O)(=O)N1CC(F)(C(=O)N(Cc2ccc(-c3nnc(C(F)F)o3)cc2F)c2ccccc2)C1. The largest absolute Gasteiger partial charge is 0.415 e. The van der Waals surface area contributed by atoms with Gasteiger partial charge in [0.15, 0.2) is 0 Å². The fraction of sp³-hybridized carbons (Fsp3) is 0.286. The number of rotatable bonds is 7. The van der Waals surface area contributed by atoms with E-state index in [9.17, 15) is 26.4 Å². The standard InChI is InChI=1S/C21H18F4N4O4S/c1-34(31,32)28-11-21(25,12-28)20(30)29(15-5-3-2-4-6-15)10-14-8-7-13(9-16(14)22)18-26-27-19(33-18)17(23)24/h2-9,17H,10-12H2,1H3. The van der Waals surface area contributed by atoms with Crippen LogP contribution in [-0.4, -0.2) is 53.8 Å². The minimum atomic E-state index is -3.67. The molecule has 13 heteroatoms. The number of hydrogen-bond donors (Lipinski definition) is 0. The Morgan fingerprint density at radius 2 is 1.85 bits per heavy atom. The number of benzene rings is 2. The van der Waals surface area contributed by atoms with Crippen LogP contribution in [0.2, 0.25) is 0 Å². The molecule has 1 aromatic heterocycles. The molecule has 2 heterocycles. The molecule has 8 nitrogen and oxygen atoms in total. The van der Waals surface area contributed by atoms with Crippen molar-refractivity contribution in [2.24, 2.45) is 0 Å². The van der Waals surface area contributed by atoms with Crippen molar-refractivity contribution in [1.29, 1.82) is 0 Å². The maximum Gasteiger partial charge on any atom is 0.314 e. The number of nitrogens with zero attached hydrogens (tertiary/aromatic N) is 4. The van der Waals surface area contributed by atoms with Gasteiger partial charge in [0.05, 0.1) is 25.9 Å². The fourth-order valence-corrected chi connectivity index (χ4v) is 4.31. The van der Waals surface area contributed by atoms with Crippen LogP contribution >= 0.6 is 0 Å². The Hall–Kier alpha value is -3.32. The van der Waals surface area contributed by atoms with E-state index in [1.807, 2.05) is 0 Å². The monoisotopic (exact) mass is 498 g/mol. The molecule has 1 saturated heterocycles. The summed E-state index contributed by atoms with van der Waals surface area (Å²) in [6.07, 6.45) is -2.06. The van der Waals surface area contributed by atoms with Crippen LogP contribution in [0.1, 0.15) is 17.9 Å². The summed E-state index contributed by atoms with van der Waals surface area (Å²) in [5, 5.41) is 6.65. The molecule has 0 saturated carbocycles. The number of carbonyl (C=O) groups is 1. The van der Waals surface area contributed by atoms with Gasteiger partial charge in [-0.3, -0.25) is 4.79 Å². The first kappa shape index (κ1) is 23.8. The highest BCUT2D eigenvalue weighted by Crippen LogP contribution is 2.33. The molecule has 0 aliphatic carbocycles. The zero-order chi connectivity index (χ0) is 24.7. The molecule has 4 rings (SSSR count). The van der Waals surface area contributed by atoms with E-state index in [0.717, 1.165) is 21.5 Å². The van der Waals surface area contributed by atoms with Gasteiger partial charge in [0.1, 0.15) is 5.82 Å². The number of carbonyl (C=O) groups excluding carboxylic acids is 1. The first-order chi connectivity index (χ1) is 16.0. The average molecular weight is 498 g/mol. The van der Waals surface area contributed by atoms with Crippen molar-refractivity contribution in [2.45, 2.75) is 18.6 Å². The molecule has 0 N–H and O–H groups in total. The number of anilines is 1. The van der Waals surface area contributed by atoms with Crippen molar-refractivity contribution in [3.63, 3.8) is 0 Å². The highest BCUT2D eigenvalue weighted by atomic mass is 32.2. The van der Waals surface area contributed by atoms with Gasteiger partial charge in [0.25, 0.3) is 11.8 Å². The lowest BCUT2D eigenvalue weighted by Crippen LogP contribution is -2.67. The van der Waals surface area contributed by atoms with E-state index in [4.69, 9.17) is 4.42 Å². The van der Waals surface area contributed by atoms with E-state index in [2.05, 4.69) is 10.2 Å². The lowest BCUT2D eigenvalue weighted by atomic mass is 9.96. The van der Waals surface area contributed by atoms with Gasteiger partial charge in [-0.2, -0.15) is 13.1 Å². The highest BCUT2D eigenvalue weighted by molar-refractivity contribution is 7.88. The van der Waals surface area contributed by atoms with Crippen LogP contribution in [0.15, 0.2) is 52.9 Å². The van der Waals surface area contributed by atoms with Crippen molar-refractivity contribution < 1.29 is 35.2 Å². The predicted molar refractivity (Wildman–Crippen MR) is 113 cm³/mol. The number of aromatic nitrogens is 2. The number of halogens is 4. The smallest absolute Gasteiger partial charge is 0.314 e. The van der Waals surface area contributed by atoms with Crippen LogP contribution in [0.5, 0.6) is 0 Å². The van der Waals surface area contributed by atoms with Crippen LogP contribution in [-0.2, 0) is 21.4 Å². The second-order valence-electron chi connectivity index (χ2n) is 7.78. The molecule has 0 radical (unpaired) electrons. The third kappa shape index (κ3) is 4.66. The fourth-order valence-electron chi connectivity index (χ4n) is 3.43. The van der Waals surface area contributed by atoms with Crippen LogP contribution in [0.3, 0.4) is 0 Å². The molecule has 34 heavy (non-hydrogen) atoms. The molecule has 1 aliphatic heterocycles. The van der Waals surface area contributed by atoms with E-state index in [1.165, 1.54) is 24.3 Å². The van der Waals surface area contributed by atoms with Gasteiger partial charge in [0, 0.05) is 16.8 Å². The van der Waals surface area contributed by atoms with Crippen molar-refractivity contribution in [3.8, 4) is 11.5 Å². The Kier molecular flexibility index (Phi) is 6.16. The molecular weight excluding hydrogens is 480 g/mol. The van der Waals surface area contributed by atoms with E-state index in [-0.39, 0.29) is 29.2 Å². The number of sulfonamides is 1. The van der Waals surface area contributed by atoms with E-state index < -0.39 is 52.8 Å². The predicted octanol–water partition coefficient (Wildman–Crippen LogP) is 3.33. The van der Waals surface area contributed by atoms with Crippen molar-refractivity contribution in [3.05, 3.63) is 65.8 Å². The summed E-state index contributed by atoms with van der Waals surface area (Å²) >= 11 is 0. The summed E-state index contributed by atoms with van der Waals surface area (Å²) in [5.41, 5.74) is -2.14. The van der Waals surface area contributed by atoms with Crippen LogP contribution in [0.25, 0.3) is 11.5 Å². The minimum absolute atomic E-state index is 0.00237. The van der Waals surface area contributed by atoms with Gasteiger partial charge < -0.3 is 9.32 Å². The summed E-state index contributed by atoms with van der Waals surface area (Å²) in [6.45, 7) is -1.65. The number of amides is 1. The lowest BCUT2D eigenvalue weighted by Gasteiger charge is -2.43. The number of hydrogen-bond acceptors (Lipinski definition) is 6. The summed E-state index contributed by atoms with van der Waals surface area (Å²) < 4.78 is 84.4. The number of para-hydroxylation sites is 1. The molecule has 180 valence electrons. The van der Waals surface area contributed by atoms with Gasteiger partial charge >= 0.3 is 6.43 Å². The second kappa shape index (κ2) is 8.80. The van der Waals surface area contributed by atoms with Gasteiger partial charge in [-0.15, -0.1) is 10.2 Å². The second-order valence-corrected chi connectivity index (χ2v) is 9.76. The summed E-state index contributed by atoms with van der Waals surface area (Å²) in [7, 11) is -3.67. The van der Waals surface area contributed by atoms with Gasteiger partial charge in [0.2, 0.25) is 21.6 Å². The number of alkyl halides is 3. The Morgan fingerprint density at radius 3 is 2.41 bits per heavy atom. The Bertz CT molecular complexity index is 1310. The van der Waals surface area contributed by atoms with Crippen LogP contribution < -0.4 is 4.90 Å². The molecule has 3 aromatic rings. The van der Waals surface area contributed by atoms with E-state index >= 15 is 4.39 Å². The molecule has 1 aliphatic rings. The first-order valence-corrected chi connectivity index (χ1v) is 11.7. The highest BCUT2D eigenvalue weighted by Gasteiger charge is 2.55. The maximum atomic E-state index is 15.3. The molecule has 0 spiro atoms. The molecule has 1 amide bonds. The first-order valence-electron chi connectivity index (χ1n) is 9.89. The Labute approximate surface area is 191 Å². The third-order valence-corrected chi connectivity index (χ3v) is 6.47. The average Bonchev–Trinajstić information content (AvgIpc) is 3.26. The summed E-state index contributed by atoms with van der Waals surface area (Å²) in [4.78, 5) is 14.1. The van der Waals surface area contributed by atoms with Crippen molar-refractivity contribution >= 4 is 21.6 Å². The minimum Gasteiger partial charge on any atom is -0.415 e. The van der Waals surface area contributed by atoms with Crippen LogP contribution in [0.4, 0.5) is 23.2 Å². The van der Waals surface area contributed by atoms with Gasteiger partial charge in [-0.25, -0.2) is 17.2 Å². The van der Waals surface area contributed by atoms with E-state index in [1.54, 1.807) is 18.2 Å². The van der Waals surface area contributed by atoms with Crippen molar-refractivity contribution in [2.75, 3.05) is 24.2 Å². The third-order valence-electron chi connectivity index (χ3n) is 5.28. The molecule has 2 aromatic carbocycles. The van der Waals surface area contributed by atoms with Crippen LogP contribution in [0, 0.1) is 5.82 Å². The summed E-state index contributed by atoms with van der Waals surface area (Å²) in [6, 6.07) is 11.6. The van der Waals surface area contributed by atoms with Gasteiger partial charge in [-0.1, -0.05) is 24.3 Å². The Morgan fingerprint density at radius 1 is 1.18 bits per heavy atom.